The van der Waals surface area contributed by atoms with E-state index >= 15 is 0 Å². The van der Waals surface area contributed by atoms with Crippen LogP contribution >= 0.6 is 0 Å². The third-order valence-electron chi connectivity index (χ3n) is 4.79. The van der Waals surface area contributed by atoms with Crippen LogP contribution in [0.15, 0.2) is 24.3 Å². The third-order valence-corrected chi connectivity index (χ3v) is 4.79. The molecule has 1 heterocycles. The van der Waals surface area contributed by atoms with Gasteiger partial charge in [0.15, 0.2) is 0 Å². The number of aliphatic hydroxyl groups excluding tert-OH is 1. The lowest BCUT2D eigenvalue weighted by molar-refractivity contribution is 0.0665. The van der Waals surface area contributed by atoms with Gasteiger partial charge in [0.1, 0.15) is 5.82 Å². The van der Waals surface area contributed by atoms with Gasteiger partial charge in [-0.25, -0.2) is 9.18 Å². The van der Waals surface area contributed by atoms with Crippen LogP contribution in [0.3, 0.4) is 0 Å². The fourth-order valence-electron chi connectivity index (χ4n) is 3.21. The quantitative estimate of drug-likeness (QED) is 0.743. The zero-order chi connectivity index (χ0) is 17.4. The maximum absolute atomic E-state index is 13.0. The number of unbranched alkanes of at least 4 members (excludes halogenated alkanes) is 3. The number of piperidine rings is 1. The second-order valence-electron chi connectivity index (χ2n) is 6.61. The summed E-state index contributed by atoms with van der Waals surface area (Å²) >= 11 is 0. The summed E-state index contributed by atoms with van der Waals surface area (Å²) in [6, 6.07) is 6.02. The number of hydrogen-bond donors (Lipinski definition) is 2. The van der Waals surface area contributed by atoms with E-state index in [4.69, 9.17) is 0 Å². The molecule has 24 heavy (non-hydrogen) atoms. The second kappa shape index (κ2) is 9.62. The van der Waals surface area contributed by atoms with Crippen molar-refractivity contribution in [3.05, 3.63) is 35.6 Å². The SMILES string of the molecule is CCCCCCNC(=O)N1CCC(C(O)c2ccc(F)cc2)CC1. The van der Waals surface area contributed by atoms with E-state index in [9.17, 15) is 14.3 Å². The molecule has 1 aliphatic heterocycles. The van der Waals surface area contributed by atoms with Gasteiger partial charge in [0.25, 0.3) is 0 Å². The Morgan fingerprint density at radius 3 is 2.54 bits per heavy atom. The first-order chi connectivity index (χ1) is 11.6. The molecule has 5 heteroatoms. The minimum atomic E-state index is -0.593. The Morgan fingerprint density at radius 1 is 1.25 bits per heavy atom. The summed E-state index contributed by atoms with van der Waals surface area (Å²) in [6.45, 7) is 4.22. The van der Waals surface area contributed by atoms with Crippen LogP contribution in [0.4, 0.5) is 9.18 Å². The maximum atomic E-state index is 13.0. The average molecular weight is 336 g/mol. The smallest absolute Gasteiger partial charge is 0.317 e. The Morgan fingerprint density at radius 2 is 1.92 bits per heavy atom. The van der Waals surface area contributed by atoms with Crippen LogP contribution in [-0.4, -0.2) is 35.7 Å². The number of rotatable bonds is 7. The molecule has 0 aliphatic carbocycles. The summed E-state index contributed by atoms with van der Waals surface area (Å²) in [5, 5.41) is 13.4. The summed E-state index contributed by atoms with van der Waals surface area (Å²) in [7, 11) is 0. The molecule has 2 amide bonds. The monoisotopic (exact) mass is 336 g/mol. The molecule has 0 aromatic heterocycles. The lowest BCUT2D eigenvalue weighted by atomic mass is 9.87. The highest BCUT2D eigenvalue weighted by Crippen LogP contribution is 2.30. The predicted molar refractivity (Wildman–Crippen MR) is 93.2 cm³/mol. The summed E-state index contributed by atoms with van der Waals surface area (Å²) in [6.07, 6.45) is 5.52. The van der Waals surface area contributed by atoms with E-state index in [0.29, 0.717) is 13.1 Å². The molecule has 1 aromatic rings. The molecule has 134 valence electrons. The summed E-state index contributed by atoms with van der Waals surface area (Å²) in [4.78, 5) is 14.0. The lowest BCUT2D eigenvalue weighted by Gasteiger charge is -2.34. The number of aliphatic hydroxyl groups is 1. The number of urea groups is 1. The molecule has 4 nitrogen and oxygen atoms in total. The van der Waals surface area contributed by atoms with Crippen molar-refractivity contribution in [1.29, 1.82) is 0 Å². The Balaban J connectivity index is 1.72. The third kappa shape index (κ3) is 5.48. The lowest BCUT2D eigenvalue weighted by Crippen LogP contribution is -2.45. The number of nitrogens with zero attached hydrogens (tertiary/aromatic N) is 1. The van der Waals surface area contributed by atoms with Crippen molar-refractivity contribution in [2.24, 2.45) is 5.92 Å². The van der Waals surface area contributed by atoms with Crippen LogP contribution in [-0.2, 0) is 0 Å². The minimum Gasteiger partial charge on any atom is -0.388 e. The summed E-state index contributed by atoms with van der Waals surface area (Å²) in [5.41, 5.74) is 0.746. The van der Waals surface area contributed by atoms with Crippen molar-refractivity contribution in [2.45, 2.75) is 51.6 Å². The van der Waals surface area contributed by atoms with Crippen LogP contribution in [0.25, 0.3) is 0 Å². The molecule has 2 rings (SSSR count). The molecule has 0 radical (unpaired) electrons. The van der Waals surface area contributed by atoms with Crippen molar-refractivity contribution in [3.8, 4) is 0 Å². The summed E-state index contributed by atoms with van der Waals surface area (Å²) < 4.78 is 13.0. The molecule has 1 aromatic carbocycles. The Kier molecular flexibility index (Phi) is 7.50. The van der Waals surface area contributed by atoms with E-state index < -0.39 is 6.10 Å². The van der Waals surface area contributed by atoms with Gasteiger partial charge in [-0.2, -0.15) is 0 Å². The number of amides is 2. The molecule has 0 bridgehead atoms. The van der Waals surface area contributed by atoms with Crippen LogP contribution < -0.4 is 5.32 Å². The van der Waals surface area contributed by atoms with Gasteiger partial charge in [-0.15, -0.1) is 0 Å². The van der Waals surface area contributed by atoms with Crippen LogP contribution in [0.1, 0.15) is 57.1 Å². The first kappa shape index (κ1) is 18.7. The van der Waals surface area contributed by atoms with Gasteiger partial charge in [-0.1, -0.05) is 38.3 Å². The molecule has 1 aliphatic rings. The van der Waals surface area contributed by atoms with Crippen molar-refractivity contribution >= 4 is 6.03 Å². The van der Waals surface area contributed by atoms with Gasteiger partial charge < -0.3 is 15.3 Å². The fourth-order valence-corrected chi connectivity index (χ4v) is 3.21. The van der Waals surface area contributed by atoms with E-state index in [0.717, 1.165) is 37.8 Å². The Labute approximate surface area is 144 Å². The van der Waals surface area contributed by atoms with Gasteiger partial charge in [-0.3, -0.25) is 0 Å². The van der Waals surface area contributed by atoms with Gasteiger partial charge >= 0.3 is 6.03 Å². The fraction of sp³-hybridized carbons (Fsp3) is 0.632. The highest BCUT2D eigenvalue weighted by molar-refractivity contribution is 5.74. The topological polar surface area (TPSA) is 52.6 Å². The number of carbonyl (C=O) groups excluding carboxylic acids is 1. The number of likely N-dealkylation sites (tertiary alicyclic amines) is 1. The molecule has 1 unspecified atom stereocenters. The maximum Gasteiger partial charge on any atom is 0.317 e. The zero-order valence-corrected chi connectivity index (χ0v) is 14.5. The highest BCUT2D eigenvalue weighted by Gasteiger charge is 2.28. The minimum absolute atomic E-state index is 0.00113. The van der Waals surface area contributed by atoms with Crippen molar-refractivity contribution in [1.82, 2.24) is 10.2 Å². The van der Waals surface area contributed by atoms with Crippen molar-refractivity contribution in [2.75, 3.05) is 19.6 Å². The second-order valence-corrected chi connectivity index (χ2v) is 6.61. The number of benzene rings is 1. The molecule has 0 spiro atoms. The van der Waals surface area contributed by atoms with Crippen LogP contribution in [0.5, 0.6) is 0 Å². The van der Waals surface area contributed by atoms with E-state index in [2.05, 4.69) is 12.2 Å². The van der Waals surface area contributed by atoms with E-state index in [1.54, 1.807) is 12.1 Å². The number of nitrogens with one attached hydrogen (secondary N) is 1. The molecule has 0 saturated carbocycles. The van der Waals surface area contributed by atoms with E-state index in [1.165, 1.54) is 25.0 Å². The molecular weight excluding hydrogens is 307 g/mol. The van der Waals surface area contributed by atoms with E-state index in [1.807, 2.05) is 4.90 Å². The van der Waals surface area contributed by atoms with Crippen molar-refractivity contribution < 1.29 is 14.3 Å². The molecule has 1 saturated heterocycles. The Hall–Kier alpha value is -1.62. The van der Waals surface area contributed by atoms with Gasteiger partial charge in [0.05, 0.1) is 6.10 Å². The molecule has 1 atom stereocenters. The van der Waals surface area contributed by atoms with Gasteiger partial charge in [0, 0.05) is 19.6 Å². The standard InChI is InChI=1S/C19H29FN2O2/c1-2-3-4-5-12-21-19(24)22-13-10-16(11-14-22)18(23)15-6-8-17(20)9-7-15/h6-9,16,18,23H,2-5,10-14H2,1H3,(H,21,24). The zero-order valence-electron chi connectivity index (χ0n) is 14.5. The van der Waals surface area contributed by atoms with Gasteiger partial charge in [-0.05, 0) is 42.9 Å². The highest BCUT2D eigenvalue weighted by atomic mass is 19.1. The van der Waals surface area contributed by atoms with Crippen LogP contribution in [0, 0.1) is 11.7 Å². The molecular formula is C19H29FN2O2. The average Bonchev–Trinajstić information content (AvgIpc) is 2.61. The van der Waals surface area contributed by atoms with Gasteiger partial charge in [0.2, 0.25) is 0 Å². The number of halogens is 1. The van der Waals surface area contributed by atoms with Crippen molar-refractivity contribution in [3.63, 3.8) is 0 Å². The predicted octanol–water partition coefficient (Wildman–Crippen LogP) is 3.86. The molecule has 2 N–H and O–H groups in total. The normalized spacial score (nSPS) is 16.9. The first-order valence-corrected chi connectivity index (χ1v) is 9.08. The van der Waals surface area contributed by atoms with E-state index in [-0.39, 0.29) is 17.8 Å². The summed E-state index contributed by atoms with van der Waals surface area (Å²) in [5.74, 6) is -0.180. The first-order valence-electron chi connectivity index (χ1n) is 9.08. The van der Waals surface area contributed by atoms with Crippen LogP contribution in [0.2, 0.25) is 0 Å². The number of hydrogen-bond acceptors (Lipinski definition) is 2. The number of carbonyl (C=O) groups is 1. The molecule has 1 fully saturated rings. The Bertz CT molecular complexity index is 499. The largest absolute Gasteiger partial charge is 0.388 e.